The van der Waals surface area contributed by atoms with Gasteiger partial charge in [-0.15, -0.1) is 0 Å². The second-order valence-electron chi connectivity index (χ2n) is 8.88. The number of amides is 4. The lowest BCUT2D eigenvalue weighted by atomic mass is 9.97. The van der Waals surface area contributed by atoms with Crippen LogP contribution in [-0.2, 0) is 22.6 Å². The Kier molecular flexibility index (Phi) is 5.32. The van der Waals surface area contributed by atoms with Gasteiger partial charge in [0.25, 0.3) is 11.8 Å². The average Bonchev–Trinajstić information content (AvgIpc) is 3.39. The summed E-state index contributed by atoms with van der Waals surface area (Å²) in [6, 6.07) is 8.77. The van der Waals surface area contributed by atoms with Gasteiger partial charge < -0.3 is 15.5 Å². The Hall–Kier alpha value is -3.75. The maximum atomic E-state index is 13.1. The van der Waals surface area contributed by atoms with E-state index in [0.29, 0.717) is 36.6 Å². The number of carbonyl (C=O) groups excluding carboxylic acids is 4. The van der Waals surface area contributed by atoms with Gasteiger partial charge in [0.15, 0.2) is 0 Å². The van der Waals surface area contributed by atoms with Crippen LogP contribution >= 0.6 is 0 Å². The van der Waals surface area contributed by atoms with E-state index in [-0.39, 0.29) is 18.2 Å². The number of anilines is 1. The number of piperidine rings is 1. The van der Waals surface area contributed by atoms with Gasteiger partial charge in [0.1, 0.15) is 11.7 Å². The second-order valence-corrected chi connectivity index (χ2v) is 8.88. The van der Waals surface area contributed by atoms with Gasteiger partial charge in [0.05, 0.1) is 0 Å². The molecule has 3 aliphatic rings. The molecule has 9 heteroatoms. The number of carbonyl (C=O) groups is 4. The molecule has 3 aliphatic heterocycles. The molecule has 3 N–H and O–H groups in total. The molecule has 2 unspecified atom stereocenters. The van der Waals surface area contributed by atoms with Crippen LogP contribution in [0.15, 0.2) is 36.5 Å². The van der Waals surface area contributed by atoms with Gasteiger partial charge in [0, 0.05) is 49.1 Å². The minimum absolute atomic E-state index is 0.168. The number of benzene rings is 1. The van der Waals surface area contributed by atoms with Gasteiger partial charge in [-0.2, -0.15) is 0 Å². The lowest BCUT2D eigenvalue weighted by Crippen LogP contribution is -2.52. The largest absolute Gasteiger partial charge is 0.371 e. The fraction of sp³-hybridized carbons (Fsp3) is 0.375. The zero-order valence-electron chi connectivity index (χ0n) is 18.1. The van der Waals surface area contributed by atoms with E-state index in [2.05, 4.69) is 15.2 Å². The molecule has 33 heavy (non-hydrogen) atoms. The van der Waals surface area contributed by atoms with Crippen LogP contribution < -0.4 is 16.0 Å². The van der Waals surface area contributed by atoms with Gasteiger partial charge in [-0.25, -0.2) is 0 Å². The number of pyridine rings is 1. The molecule has 2 saturated heterocycles. The highest BCUT2D eigenvalue weighted by Crippen LogP contribution is 2.36. The Labute approximate surface area is 190 Å². The van der Waals surface area contributed by atoms with Crippen LogP contribution in [-0.4, -0.2) is 52.6 Å². The maximum absolute atomic E-state index is 13.1. The van der Waals surface area contributed by atoms with Crippen LogP contribution in [0, 0.1) is 5.92 Å². The average molecular weight is 447 g/mol. The van der Waals surface area contributed by atoms with Crippen molar-refractivity contribution < 1.29 is 19.2 Å². The smallest absolute Gasteiger partial charge is 0.267 e. The zero-order valence-corrected chi connectivity index (χ0v) is 18.1. The summed E-state index contributed by atoms with van der Waals surface area (Å²) in [4.78, 5) is 56.6. The number of hydrogen-bond donors (Lipinski definition) is 2. The lowest BCUT2D eigenvalue weighted by molar-refractivity contribution is -0.136. The van der Waals surface area contributed by atoms with Gasteiger partial charge >= 0.3 is 0 Å². The fourth-order valence-electron chi connectivity index (χ4n) is 5.22. The summed E-state index contributed by atoms with van der Waals surface area (Å²) in [5.74, 6) is -1.06. The van der Waals surface area contributed by atoms with Crippen molar-refractivity contribution in [2.45, 2.75) is 38.3 Å². The minimum Gasteiger partial charge on any atom is -0.371 e. The number of rotatable bonds is 5. The first-order valence-corrected chi connectivity index (χ1v) is 11.2. The number of hydrogen-bond acceptors (Lipinski definition) is 6. The van der Waals surface area contributed by atoms with E-state index in [1.54, 1.807) is 17.2 Å². The first-order chi connectivity index (χ1) is 15.9. The van der Waals surface area contributed by atoms with Crippen molar-refractivity contribution in [3.63, 3.8) is 0 Å². The van der Waals surface area contributed by atoms with E-state index >= 15 is 0 Å². The first kappa shape index (κ1) is 21.1. The van der Waals surface area contributed by atoms with E-state index in [1.165, 1.54) is 0 Å². The Morgan fingerprint density at radius 3 is 2.79 bits per heavy atom. The standard InChI is InChI=1S/C24H25N5O4/c25-22(31)21-15(3-2-9-26-21)11-14-8-10-28(12-14)18-5-1-4-16-17(18)13-29(24(16)33)19-6-7-20(30)27-23(19)32/h1-5,9,14,19H,6-8,10-13H2,(H2,25,31)(H,27,30,32). The Bertz CT molecular complexity index is 1160. The summed E-state index contributed by atoms with van der Waals surface area (Å²) in [6.45, 7) is 1.97. The molecule has 170 valence electrons. The number of nitrogens with two attached hydrogens (primary N) is 1. The van der Waals surface area contributed by atoms with Gasteiger partial charge in [-0.1, -0.05) is 12.1 Å². The van der Waals surface area contributed by atoms with Crippen LogP contribution in [0.3, 0.4) is 0 Å². The van der Waals surface area contributed by atoms with E-state index in [4.69, 9.17) is 5.73 Å². The molecule has 5 rings (SSSR count). The topological polar surface area (TPSA) is 126 Å². The lowest BCUT2D eigenvalue weighted by Gasteiger charge is -2.29. The number of aromatic nitrogens is 1. The van der Waals surface area contributed by atoms with Gasteiger partial charge in [-0.3, -0.25) is 29.5 Å². The van der Waals surface area contributed by atoms with Crippen molar-refractivity contribution in [1.82, 2.24) is 15.2 Å². The summed E-state index contributed by atoms with van der Waals surface area (Å²) in [6.07, 6.45) is 3.81. The molecule has 2 atom stereocenters. The predicted molar refractivity (Wildman–Crippen MR) is 119 cm³/mol. The molecule has 2 aromatic rings. The van der Waals surface area contributed by atoms with E-state index in [9.17, 15) is 19.2 Å². The molecular formula is C24H25N5O4. The highest BCUT2D eigenvalue weighted by Gasteiger charge is 2.40. The molecule has 0 bridgehead atoms. The third-order valence-electron chi connectivity index (χ3n) is 6.82. The summed E-state index contributed by atoms with van der Waals surface area (Å²) in [5, 5.41) is 2.34. The van der Waals surface area contributed by atoms with Crippen LogP contribution in [0.25, 0.3) is 0 Å². The van der Waals surface area contributed by atoms with Gasteiger partial charge in [-0.05, 0) is 48.9 Å². The molecule has 4 heterocycles. The van der Waals surface area contributed by atoms with Crippen molar-refractivity contribution >= 4 is 29.3 Å². The van der Waals surface area contributed by atoms with Gasteiger partial charge in [0.2, 0.25) is 11.8 Å². The molecule has 0 aliphatic carbocycles. The molecule has 9 nitrogen and oxygen atoms in total. The quantitative estimate of drug-likeness (QED) is 0.659. The molecule has 4 amide bonds. The summed E-state index contributed by atoms with van der Waals surface area (Å²) in [5.41, 5.74) is 9.19. The fourth-order valence-corrected chi connectivity index (χ4v) is 5.22. The molecule has 1 aromatic heterocycles. The summed E-state index contributed by atoms with van der Waals surface area (Å²) in [7, 11) is 0. The number of nitrogens with zero attached hydrogens (tertiary/aromatic N) is 3. The van der Waals surface area contributed by atoms with Crippen LogP contribution in [0.4, 0.5) is 5.69 Å². The highest BCUT2D eigenvalue weighted by atomic mass is 16.2. The van der Waals surface area contributed by atoms with Crippen LogP contribution in [0.2, 0.25) is 0 Å². The summed E-state index contributed by atoms with van der Waals surface area (Å²) < 4.78 is 0. The molecule has 2 fully saturated rings. The zero-order chi connectivity index (χ0) is 23.1. The third kappa shape index (κ3) is 3.83. The number of fused-ring (bicyclic) bond motifs is 1. The van der Waals surface area contributed by atoms with Crippen LogP contribution in [0.5, 0.6) is 0 Å². The van der Waals surface area contributed by atoms with Crippen molar-refractivity contribution in [2.75, 3.05) is 18.0 Å². The van der Waals surface area contributed by atoms with Crippen molar-refractivity contribution in [3.05, 3.63) is 58.9 Å². The van der Waals surface area contributed by atoms with E-state index in [0.717, 1.165) is 36.3 Å². The Balaban J connectivity index is 1.33. The number of imide groups is 1. The summed E-state index contributed by atoms with van der Waals surface area (Å²) >= 11 is 0. The van der Waals surface area contributed by atoms with Crippen molar-refractivity contribution in [3.8, 4) is 0 Å². The molecule has 0 spiro atoms. The monoisotopic (exact) mass is 447 g/mol. The second kappa shape index (κ2) is 8.31. The maximum Gasteiger partial charge on any atom is 0.267 e. The Morgan fingerprint density at radius 2 is 2.00 bits per heavy atom. The third-order valence-corrected chi connectivity index (χ3v) is 6.82. The number of primary amides is 1. The molecule has 0 saturated carbocycles. The molecule has 1 aromatic carbocycles. The van der Waals surface area contributed by atoms with Crippen molar-refractivity contribution in [2.24, 2.45) is 11.7 Å². The van der Waals surface area contributed by atoms with Crippen LogP contribution in [0.1, 0.15) is 51.2 Å². The Morgan fingerprint density at radius 1 is 1.15 bits per heavy atom. The van der Waals surface area contributed by atoms with E-state index < -0.39 is 17.9 Å². The van der Waals surface area contributed by atoms with Crippen molar-refractivity contribution in [1.29, 1.82) is 0 Å². The molecular weight excluding hydrogens is 422 g/mol. The number of nitrogens with one attached hydrogen (secondary N) is 1. The predicted octanol–water partition coefficient (Wildman–Crippen LogP) is 1.01. The minimum atomic E-state index is -0.625. The molecule has 0 radical (unpaired) electrons. The van der Waals surface area contributed by atoms with E-state index in [1.807, 2.05) is 24.3 Å². The SMILES string of the molecule is NC(=O)c1ncccc1CC1CCN(c2cccc3c2CN(C2CCC(=O)NC2=O)C3=O)C1. The normalized spacial score (nSPS) is 22.5. The highest BCUT2D eigenvalue weighted by molar-refractivity contribution is 6.06. The first-order valence-electron chi connectivity index (χ1n) is 11.2.